The number of halogens is 1. The quantitative estimate of drug-likeness (QED) is 0.284. The molecule has 0 spiro atoms. The van der Waals surface area contributed by atoms with Crippen molar-refractivity contribution in [2.45, 2.75) is 0 Å². The van der Waals surface area contributed by atoms with Crippen molar-refractivity contribution in [3.8, 4) is 5.75 Å². The van der Waals surface area contributed by atoms with Gasteiger partial charge in [0, 0.05) is 24.3 Å². The van der Waals surface area contributed by atoms with E-state index in [0.717, 1.165) is 12.1 Å². The van der Waals surface area contributed by atoms with E-state index < -0.39 is 16.7 Å². The SMILES string of the molecule is O=C(C=Cc1cccc([N+](=O)[O-])c1)Oc1cccc(F)c1. The Balaban J connectivity index is 2.05. The summed E-state index contributed by atoms with van der Waals surface area (Å²) in [5, 5.41) is 10.6. The fraction of sp³-hybridized carbons (Fsp3) is 0. The third-order valence-corrected chi connectivity index (χ3v) is 2.51. The Morgan fingerprint density at radius 2 is 1.95 bits per heavy atom. The van der Waals surface area contributed by atoms with Gasteiger partial charge >= 0.3 is 5.97 Å². The second-order valence-electron chi connectivity index (χ2n) is 4.06. The molecule has 0 bridgehead atoms. The first kappa shape index (κ1) is 14.4. The molecule has 0 aromatic heterocycles. The van der Waals surface area contributed by atoms with Crippen LogP contribution >= 0.6 is 0 Å². The lowest BCUT2D eigenvalue weighted by Gasteiger charge is -2.00. The summed E-state index contributed by atoms with van der Waals surface area (Å²) in [4.78, 5) is 21.6. The van der Waals surface area contributed by atoms with Gasteiger partial charge in [-0.3, -0.25) is 10.1 Å². The van der Waals surface area contributed by atoms with Crippen LogP contribution in [0.4, 0.5) is 10.1 Å². The molecular weight excluding hydrogens is 277 g/mol. The molecule has 106 valence electrons. The van der Waals surface area contributed by atoms with Crippen molar-refractivity contribution < 1.29 is 18.8 Å². The smallest absolute Gasteiger partial charge is 0.336 e. The highest BCUT2D eigenvalue weighted by Crippen LogP contribution is 2.15. The summed E-state index contributed by atoms with van der Waals surface area (Å²) in [5.41, 5.74) is 0.413. The minimum absolute atomic E-state index is 0.0735. The van der Waals surface area contributed by atoms with Gasteiger partial charge in [-0.1, -0.05) is 18.2 Å². The second-order valence-corrected chi connectivity index (χ2v) is 4.06. The van der Waals surface area contributed by atoms with Crippen LogP contribution < -0.4 is 4.74 Å². The maximum Gasteiger partial charge on any atom is 0.336 e. The molecule has 5 nitrogen and oxygen atoms in total. The number of hydrogen-bond donors (Lipinski definition) is 0. The fourth-order valence-electron chi connectivity index (χ4n) is 1.59. The predicted octanol–water partition coefficient (Wildman–Crippen LogP) is 3.35. The summed E-state index contributed by atoms with van der Waals surface area (Å²) in [6.07, 6.45) is 2.50. The molecule has 0 amide bonds. The van der Waals surface area contributed by atoms with Crippen LogP contribution in [0.1, 0.15) is 5.56 Å². The average molecular weight is 287 g/mol. The van der Waals surface area contributed by atoms with Crippen LogP contribution in [0.3, 0.4) is 0 Å². The number of benzene rings is 2. The number of carbonyl (C=O) groups is 1. The van der Waals surface area contributed by atoms with Crippen molar-refractivity contribution in [2.24, 2.45) is 0 Å². The molecule has 21 heavy (non-hydrogen) atoms. The number of carbonyl (C=O) groups excluding carboxylic acids is 1. The lowest BCUT2D eigenvalue weighted by molar-refractivity contribution is -0.384. The van der Waals surface area contributed by atoms with Gasteiger partial charge in [0.05, 0.1) is 4.92 Å². The molecule has 0 heterocycles. The number of hydrogen-bond acceptors (Lipinski definition) is 4. The van der Waals surface area contributed by atoms with Gasteiger partial charge in [-0.15, -0.1) is 0 Å². The van der Waals surface area contributed by atoms with Gasteiger partial charge in [0.25, 0.3) is 5.69 Å². The van der Waals surface area contributed by atoms with Gasteiger partial charge in [-0.2, -0.15) is 0 Å². The summed E-state index contributed by atoms with van der Waals surface area (Å²) in [6.45, 7) is 0. The summed E-state index contributed by atoms with van der Waals surface area (Å²) in [5.74, 6) is -1.13. The fourth-order valence-corrected chi connectivity index (χ4v) is 1.59. The Bertz CT molecular complexity index is 712. The van der Waals surface area contributed by atoms with E-state index in [9.17, 15) is 19.3 Å². The molecular formula is C15H10FNO4. The van der Waals surface area contributed by atoms with Crippen molar-refractivity contribution in [1.29, 1.82) is 0 Å². The largest absolute Gasteiger partial charge is 0.423 e. The van der Waals surface area contributed by atoms with Gasteiger partial charge in [0.1, 0.15) is 11.6 Å². The standard InChI is InChI=1S/C15H10FNO4/c16-12-4-2-6-14(10-12)21-15(18)8-7-11-3-1-5-13(9-11)17(19)20/h1-10H. The van der Waals surface area contributed by atoms with Gasteiger partial charge in [-0.25, -0.2) is 9.18 Å². The topological polar surface area (TPSA) is 69.4 Å². The van der Waals surface area contributed by atoms with Crippen LogP contribution in [0.5, 0.6) is 5.75 Å². The molecule has 0 unspecified atom stereocenters. The highest BCUT2D eigenvalue weighted by Gasteiger charge is 2.05. The van der Waals surface area contributed by atoms with E-state index in [1.165, 1.54) is 42.5 Å². The van der Waals surface area contributed by atoms with E-state index in [1.54, 1.807) is 6.07 Å². The van der Waals surface area contributed by atoms with Crippen LogP contribution in [-0.2, 0) is 4.79 Å². The van der Waals surface area contributed by atoms with Gasteiger partial charge in [0.15, 0.2) is 0 Å². The van der Waals surface area contributed by atoms with E-state index in [2.05, 4.69) is 0 Å². The first-order valence-corrected chi connectivity index (χ1v) is 5.94. The van der Waals surface area contributed by atoms with Crippen LogP contribution in [0.15, 0.2) is 54.6 Å². The van der Waals surface area contributed by atoms with Crippen molar-refractivity contribution in [3.05, 3.63) is 76.1 Å². The molecule has 0 aliphatic carbocycles. The van der Waals surface area contributed by atoms with Crippen molar-refractivity contribution in [2.75, 3.05) is 0 Å². The molecule has 0 N–H and O–H groups in total. The maximum absolute atomic E-state index is 12.9. The van der Waals surface area contributed by atoms with E-state index in [1.807, 2.05) is 0 Å². The lowest BCUT2D eigenvalue weighted by Crippen LogP contribution is -2.03. The first-order chi connectivity index (χ1) is 10.0. The summed E-state index contributed by atoms with van der Waals surface area (Å²) in [6, 6.07) is 11.0. The Kier molecular flexibility index (Phi) is 4.40. The zero-order chi connectivity index (χ0) is 15.2. The average Bonchev–Trinajstić information content (AvgIpc) is 2.45. The molecule has 0 saturated heterocycles. The molecule has 2 aromatic rings. The van der Waals surface area contributed by atoms with Crippen LogP contribution in [-0.4, -0.2) is 10.9 Å². The van der Waals surface area contributed by atoms with Gasteiger partial charge in [0.2, 0.25) is 0 Å². The number of non-ortho nitro benzene ring substituents is 1. The van der Waals surface area contributed by atoms with Gasteiger partial charge < -0.3 is 4.74 Å². The van der Waals surface area contributed by atoms with Crippen molar-refractivity contribution in [1.82, 2.24) is 0 Å². The Labute approximate surface area is 119 Å². The number of ether oxygens (including phenoxy) is 1. The highest BCUT2D eigenvalue weighted by molar-refractivity contribution is 5.88. The number of esters is 1. The number of nitrogens with zero attached hydrogens (tertiary/aromatic N) is 1. The minimum Gasteiger partial charge on any atom is -0.423 e. The lowest BCUT2D eigenvalue weighted by atomic mass is 10.2. The molecule has 0 radical (unpaired) electrons. The molecule has 0 atom stereocenters. The summed E-state index contributed by atoms with van der Waals surface area (Å²) < 4.78 is 17.8. The van der Waals surface area contributed by atoms with Crippen LogP contribution in [0, 0.1) is 15.9 Å². The highest BCUT2D eigenvalue weighted by atomic mass is 19.1. The zero-order valence-corrected chi connectivity index (χ0v) is 10.7. The molecule has 6 heteroatoms. The molecule has 2 aromatic carbocycles. The zero-order valence-electron chi connectivity index (χ0n) is 10.7. The van der Waals surface area contributed by atoms with E-state index >= 15 is 0 Å². The Morgan fingerprint density at radius 3 is 2.67 bits per heavy atom. The normalized spacial score (nSPS) is 10.5. The first-order valence-electron chi connectivity index (χ1n) is 5.94. The van der Waals surface area contributed by atoms with Crippen LogP contribution in [0.25, 0.3) is 6.08 Å². The monoisotopic (exact) mass is 287 g/mol. The van der Waals surface area contributed by atoms with Crippen LogP contribution in [0.2, 0.25) is 0 Å². The third kappa shape index (κ3) is 4.24. The van der Waals surface area contributed by atoms with E-state index in [0.29, 0.717) is 5.56 Å². The molecule has 2 rings (SSSR count). The van der Waals surface area contributed by atoms with Crippen molar-refractivity contribution in [3.63, 3.8) is 0 Å². The number of nitro groups is 1. The van der Waals surface area contributed by atoms with E-state index in [4.69, 9.17) is 4.74 Å². The Morgan fingerprint density at radius 1 is 1.19 bits per heavy atom. The number of rotatable bonds is 4. The molecule has 0 aliphatic heterocycles. The van der Waals surface area contributed by atoms with E-state index in [-0.39, 0.29) is 11.4 Å². The Hall–Kier alpha value is -3.02. The minimum atomic E-state index is -0.702. The summed E-state index contributed by atoms with van der Waals surface area (Å²) >= 11 is 0. The molecule has 0 saturated carbocycles. The molecule has 0 aliphatic rings. The predicted molar refractivity (Wildman–Crippen MR) is 74.2 cm³/mol. The summed E-state index contributed by atoms with van der Waals surface area (Å²) in [7, 11) is 0. The van der Waals surface area contributed by atoms with Gasteiger partial charge in [-0.05, 0) is 23.8 Å². The van der Waals surface area contributed by atoms with Crippen molar-refractivity contribution >= 4 is 17.7 Å². The molecule has 0 fully saturated rings. The third-order valence-electron chi connectivity index (χ3n) is 2.51. The second kappa shape index (κ2) is 6.42. The maximum atomic E-state index is 12.9. The number of nitro benzene ring substituents is 1.